The number of benzene rings is 3. The summed E-state index contributed by atoms with van der Waals surface area (Å²) in [7, 11) is 3.89. The summed E-state index contributed by atoms with van der Waals surface area (Å²) in [5, 5.41) is 8.21. The Bertz CT molecular complexity index is 1590. The van der Waals surface area contributed by atoms with E-state index < -0.39 is 17.6 Å². The number of aryl methyl sites for hydroxylation is 1. The molecule has 0 spiro atoms. The van der Waals surface area contributed by atoms with E-state index in [1.54, 1.807) is 24.5 Å². The number of hydrogen-bond donors (Lipinski definition) is 0. The number of ether oxygens (including phenoxy) is 1. The van der Waals surface area contributed by atoms with Crippen molar-refractivity contribution in [1.29, 1.82) is 0 Å². The minimum atomic E-state index is -4.60. The van der Waals surface area contributed by atoms with Crippen LogP contribution in [0.15, 0.2) is 67.0 Å². The molecule has 6 rings (SSSR count). The summed E-state index contributed by atoms with van der Waals surface area (Å²) in [6.07, 6.45) is -1.32. The van der Waals surface area contributed by atoms with Crippen molar-refractivity contribution in [3.63, 3.8) is 0 Å². The Morgan fingerprint density at radius 1 is 0.951 bits per heavy atom. The van der Waals surface area contributed by atoms with Crippen molar-refractivity contribution in [2.45, 2.75) is 38.3 Å². The van der Waals surface area contributed by atoms with Gasteiger partial charge in [-0.25, -0.2) is 0 Å². The van der Waals surface area contributed by atoms with Gasteiger partial charge in [0.2, 0.25) is 0 Å². The number of likely N-dealkylation sites (tertiary alicyclic amines) is 1. The molecule has 41 heavy (non-hydrogen) atoms. The van der Waals surface area contributed by atoms with Crippen LogP contribution in [0.5, 0.6) is 0 Å². The summed E-state index contributed by atoms with van der Waals surface area (Å²) in [4.78, 5) is 17.2. The first-order chi connectivity index (χ1) is 19.7. The molecule has 3 aromatic carbocycles. The van der Waals surface area contributed by atoms with E-state index in [0.29, 0.717) is 17.1 Å². The fourth-order valence-corrected chi connectivity index (χ4v) is 5.68. The van der Waals surface area contributed by atoms with Gasteiger partial charge < -0.3 is 19.1 Å². The topological polar surface area (TPSA) is 63.5 Å². The number of hydrogen-bond acceptors (Lipinski definition) is 5. The largest absolute Gasteiger partial charge is 0.416 e. The molecule has 1 aromatic heterocycles. The van der Waals surface area contributed by atoms with Crippen LogP contribution >= 0.6 is 0 Å². The molecule has 10 heteroatoms. The number of fused-ring (bicyclic) bond motifs is 1. The summed E-state index contributed by atoms with van der Waals surface area (Å²) in [6.45, 7) is 1.65. The molecular weight excluding hydrogens is 531 g/mol. The number of amides is 1. The Balaban J connectivity index is 1.31. The first kappa shape index (κ1) is 27.2. The molecule has 0 radical (unpaired) electrons. The third kappa shape index (κ3) is 5.37. The highest BCUT2D eigenvalue weighted by Crippen LogP contribution is 2.41. The average molecular weight is 562 g/mol. The van der Waals surface area contributed by atoms with E-state index in [0.717, 1.165) is 48.7 Å². The van der Waals surface area contributed by atoms with Crippen molar-refractivity contribution in [2.75, 3.05) is 25.0 Å². The Kier molecular flexibility index (Phi) is 7.13. The van der Waals surface area contributed by atoms with Gasteiger partial charge in [-0.1, -0.05) is 36.4 Å². The predicted octanol–water partition coefficient (Wildman–Crippen LogP) is 5.94. The van der Waals surface area contributed by atoms with Crippen molar-refractivity contribution in [3.8, 4) is 22.5 Å². The highest BCUT2D eigenvalue weighted by Gasteiger charge is 2.40. The molecule has 1 saturated heterocycles. The fourth-order valence-electron chi connectivity index (χ4n) is 5.68. The third-order valence-electron chi connectivity index (χ3n) is 7.91. The minimum absolute atomic E-state index is 0.00423. The summed E-state index contributed by atoms with van der Waals surface area (Å²) in [5.74, 6) is 0.228. The van der Waals surface area contributed by atoms with Crippen LogP contribution in [-0.4, -0.2) is 51.8 Å². The molecule has 0 unspecified atom stereocenters. The van der Waals surface area contributed by atoms with Crippen molar-refractivity contribution in [1.82, 2.24) is 19.7 Å². The molecule has 2 aliphatic heterocycles. The number of rotatable bonds is 6. The maximum absolute atomic E-state index is 14.2. The summed E-state index contributed by atoms with van der Waals surface area (Å²) in [6, 6.07) is 17.7. The number of anilines is 1. The molecule has 0 atom stereocenters. The van der Waals surface area contributed by atoms with Crippen LogP contribution in [0.3, 0.4) is 0 Å². The first-order valence-electron chi connectivity index (χ1n) is 13.6. The van der Waals surface area contributed by atoms with Gasteiger partial charge in [0.15, 0.2) is 5.82 Å². The maximum Gasteiger partial charge on any atom is 0.416 e. The predicted molar refractivity (Wildman–Crippen MR) is 149 cm³/mol. The molecule has 2 aliphatic rings. The van der Waals surface area contributed by atoms with Gasteiger partial charge in [-0.2, -0.15) is 13.2 Å². The van der Waals surface area contributed by atoms with Crippen LogP contribution in [0.25, 0.3) is 22.5 Å². The van der Waals surface area contributed by atoms with E-state index in [2.05, 4.69) is 15.1 Å². The van der Waals surface area contributed by atoms with Crippen molar-refractivity contribution >= 4 is 11.6 Å². The number of aromatic nitrogens is 3. The van der Waals surface area contributed by atoms with Crippen LogP contribution in [0, 0.1) is 0 Å². The molecular formula is C31H30F3N5O2. The summed E-state index contributed by atoms with van der Waals surface area (Å²) < 4.78 is 50.5. The van der Waals surface area contributed by atoms with E-state index in [-0.39, 0.29) is 30.4 Å². The summed E-state index contributed by atoms with van der Waals surface area (Å²) in [5.41, 5.74) is 2.71. The second-order valence-electron chi connectivity index (χ2n) is 10.7. The smallest absolute Gasteiger partial charge is 0.373 e. The zero-order chi connectivity index (χ0) is 28.7. The van der Waals surface area contributed by atoms with Gasteiger partial charge in [0.1, 0.15) is 6.33 Å². The Hall–Kier alpha value is -4.02. The Morgan fingerprint density at radius 3 is 2.41 bits per heavy atom. The Labute approximate surface area is 236 Å². The molecule has 4 aromatic rings. The quantitative estimate of drug-likeness (QED) is 0.292. The average Bonchev–Trinajstić information content (AvgIpc) is 3.54. The van der Waals surface area contributed by atoms with Crippen molar-refractivity contribution in [3.05, 3.63) is 89.2 Å². The first-order valence-corrected chi connectivity index (χ1v) is 13.6. The van der Waals surface area contributed by atoms with Gasteiger partial charge >= 0.3 is 6.18 Å². The number of piperidine rings is 1. The monoisotopic (exact) mass is 561 g/mol. The van der Waals surface area contributed by atoms with Crippen LogP contribution < -0.4 is 4.90 Å². The highest BCUT2D eigenvalue weighted by atomic mass is 19.4. The van der Waals surface area contributed by atoms with E-state index in [9.17, 15) is 18.0 Å². The standard InChI is InChI=1S/C31H30F3N5O2/c1-37-12-10-23(11-13-37)41-18-20-14-26-27(28(15-20)31(32,33)34)17-39(30(26)40)22-7-5-6-21(16-22)24-8-3-4-9-25(24)29-36-35-19-38(29)2/h3-9,14-16,19,23H,10-13,17-18H2,1-2H3. The minimum Gasteiger partial charge on any atom is -0.373 e. The highest BCUT2D eigenvalue weighted by molar-refractivity contribution is 6.10. The number of alkyl halides is 3. The zero-order valence-electron chi connectivity index (χ0n) is 22.9. The lowest BCUT2D eigenvalue weighted by atomic mass is 9.98. The number of nitrogens with zero attached hydrogens (tertiary/aromatic N) is 5. The number of halogens is 3. The van der Waals surface area contributed by atoms with Gasteiger partial charge in [0, 0.05) is 37.0 Å². The van der Waals surface area contributed by atoms with Gasteiger partial charge in [-0.15, -0.1) is 10.2 Å². The van der Waals surface area contributed by atoms with Gasteiger partial charge in [-0.05, 0) is 66.4 Å². The molecule has 0 N–H and O–H groups in total. The number of carbonyl (C=O) groups excluding carboxylic acids is 1. The van der Waals surface area contributed by atoms with Crippen LogP contribution in [-0.2, 0) is 31.1 Å². The second-order valence-corrected chi connectivity index (χ2v) is 10.7. The molecule has 212 valence electrons. The van der Waals surface area contributed by atoms with Gasteiger partial charge in [-0.3, -0.25) is 4.79 Å². The lowest BCUT2D eigenvalue weighted by Crippen LogP contribution is -2.34. The molecule has 0 bridgehead atoms. The molecule has 0 saturated carbocycles. The van der Waals surface area contributed by atoms with Crippen LogP contribution in [0.1, 0.15) is 39.9 Å². The number of carbonyl (C=O) groups is 1. The van der Waals surface area contributed by atoms with E-state index in [1.165, 1.54) is 4.90 Å². The molecule has 7 nitrogen and oxygen atoms in total. The normalized spacial score (nSPS) is 16.4. The van der Waals surface area contributed by atoms with Crippen molar-refractivity contribution in [2.24, 2.45) is 7.05 Å². The molecule has 1 amide bonds. The summed E-state index contributed by atoms with van der Waals surface area (Å²) >= 11 is 0. The molecule has 1 fully saturated rings. The van der Waals surface area contributed by atoms with E-state index in [1.807, 2.05) is 55.1 Å². The van der Waals surface area contributed by atoms with Crippen LogP contribution in [0.4, 0.5) is 18.9 Å². The SMILES string of the molecule is CN1CCC(OCc2cc3c(c(C(F)(F)F)c2)CN(c2cccc(-c4ccccc4-c4nncn4C)c2)C3=O)CC1. The van der Waals surface area contributed by atoms with Crippen molar-refractivity contribution < 1.29 is 22.7 Å². The fraction of sp³-hybridized carbons (Fsp3) is 0.323. The second kappa shape index (κ2) is 10.8. The van der Waals surface area contributed by atoms with Crippen LogP contribution in [0.2, 0.25) is 0 Å². The lowest BCUT2D eigenvalue weighted by Gasteiger charge is -2.29. The molecule has 3 heterocycles. The zero-order valence-corrected chi connectivity index (χ0v) is 22.9. The Morgan fingerprint density at radius 2 is 1.71 bits per heavy atom. The van der Waals surface area contributed by atoms with E-state index in [4.69, 9.17) is 4.74 Å². The van der Waals surface area contributed by atoms with Gasteiger partial charge in [0.25, 0.3) is 5.91 Å². The molecule has 0 aliphatic carbocycles. The van der Waals surface area contributed by atoms with Gasteiger partial charge in [0.05, 0.1) is 24.8 Å². The van der Waals surface area contributed by atoms with E-state index >= 15 is 0 Å². The maximum atomic E-state index is 14.2. The lowest BCUT2D eigenvalue weighted by molar-refractivity contribution is -0.138. The third-order valence-corrected chi connectivity index (χ3v) is 7.91.